The topological polar surface area (TPSA) is 59.9 Å². The van der Waals surface area contributed by atoms with Gasteiger partial charge in [0.05, 0.1) is 0 Å². The summed E-state index contributed by atoms with van der Waals surface area (Å²) in [5.74, 6) is 0. The number of aromatic nitrogens is 2. The summed E-state index contributed by atoms with van der Waals surface area (Å²) >= 11 is 1.15. The van der Waals surface area contributed by atoms with Crippen molar-refractivity contribution in [1.29, 1.82) is 0 Å². The Bertz CT molecular complexity index is 355. The first-order chi connectivity index (χ1) is 5.54. The van der Waals surface area contributed by atoms with Gasteiger partial charge in [0.25, 0.3) is 0 Å². The van der Waals surface area contributed by atoms with Gasteiger partial charge in [-0.2, -0.15) is 0 Å². The molecule has 6 heteroatoms. The van der Waals surface area contributed by atoms with Crippen molar-refractivity contribution in [1.82, 2.24) is 10.2 Å². The molecule has 0 N–H and O–H groups in total. The fourth-order valence-corrected chi connectivity index (χ4v) is 2.46. The molecule has 0 aliphatic rings. The smallest absolute Gasteiger partial charge is 0.221 e. The summed E-state index contributed by atoms with van der Waals surface area (Å²) in [5, 5.41) is 8.14. The van der Waals surface area contributed by atoms with Crippen LogP contribution in [0.4, 0.5) is 0 Å². The minimum Gasteiger partial charge on any atom is -0.221 e. The number of aryl methyl sites for hydroxylation is 1. The highest BCUT2D eigenvalue weighted by molar-refractivity contribution is 7.92. The van der Waals surface area contributed by atoms with Gasteiger partial charge in [-0.1, -0.05) is 18.3 Å². The Labute approximate surface area is 75.6 Å². The van der Waals surface area contributed by atoms with Crippen LogP contribution in [-0.4, -0.2) is 24.9 Å². The molecular formula is C6H10N2O2S2. The van der Waals surface area contributed by atoms with Gasteiger partial charge in [-0.25, -0.2) is 8.42 Å². The van der Waals surface area contributed by atoms with Gasteiger partial charge in [-0.3, -0.25) is 0 Å². The van der Waals surface area contributed by atoms with Crippen molar-refractivity contribution in [3.63, 3.8) is 0 Å². The summed E-state index contributed by atoms with van der Waals surface area (Å²) < 4.78 is 22.0. The molecule has 0 aromatic carbocycles. The Morgan fingerprint density at radius 2 is 2.08 bits per heavy atom. The van der Waals surface area contributed by atoms with Crippen LogP contribution in [0.2, 0.25) is 0 Å². The Balaban J connectivity index is 2.92. The SMILES string of the molecule is CCCc1nnc(S(C)(=O)=O)s1. The number of sulfone groups is 1. The van der Waals surface area contributed by atoms with E-state index in [-0.39, 0.29) is 4.34 Å². The molecule has 1 aromatic rings. The number of hydrogen-bond acceptors (Lipinski definition) is 5. The van der Waals surface area contributed by atoms with Gasteiger partial charge in [0.1, 0.15) is 5.01 Å². The van der Waals surface area contributed by atoms with E-state index in [1.165, 1.54) is 0 Å². The normalized spacial score (nSPS) is 11.8. The summed E-state index contributed by atoms with van der Waals surface area (Å²) in [6.45, 7) is 2.02. The molecule has 0 saturated heterocycles. The lowest BCUT2D eigenvalue weighted by Crippen LogP contribution is -1.95. The van der Waals surface area contributed by atoms with E-state index in [1.54, 1.807) is 0 Å². The van der Waals surface area contributed by atoms with Crippen LogP contribution in [0, 0.1) is 0 Å². The van der Waals surface area contributed by atoms with Gasteiger partial charge < -0.3 is 0 Å². The lowest BCUT2D eigenvalue weighted by atomic mass is 10.4. The third-order valence-corrected chi connectivity index (χ3v) is 3.88. The molecule has 12 heavy (non-hydrogen) atoms. The summed E-state index contributed by atoms with van der Waals surface area (Å²) in [6, 6.07) is 0. The van der Waals surface area contributed by atoms with Crippen LogP contribution in [0.25, 0.3) is 0 Å². The monoisotopic (exact) mass is 206 g/mol. The second-order valence-corrected chi connectivity index (χ2v) is 5.74. The molecule has 0 aliphatic carbocycles. The molecule has 0 amide bonds. The standard InChI is InChI=1S/C6H10N2O2S2/c1-3-4-5-7-8-6(11-5)12(2,9)10/h3-4H2,1-2H3. The van der Waals surface area contributed by atoms with E-state index in [2.05, 4.69) is 10.2 Å². The molecule has 0 bridgehead atoms. The van der Waals surface area contributed by atoms with Crippen molar-refractivity contribution in [2.45, 2.75) is 24.1 Å². The van der Waals surface area contributed by atoms with E-state index < -0.39 is 9.84 Å². The summed E-state index contributed by atoms with van der Waals surface area (Å²) in [4.78, 5) is 0. The molecule has 1 heterocycles. The summed E-state index contributed by atoms with van der Waals surface area (Å²) in [5.41, 5.74) is 0. The fraction of sp³-hybridized carbons (Fsp3) is 0.667. The molecule has 0 radical (unpaired) electrons. The largest absolute Gasteiger partial charge is 0.232 e. The number of rotatable bonds is 3. The van der Waals surface area contributed by atoms with Crippen LogP contribution < -0.4 is 0 Å². The lowest BCUT2D eigenvalue weighted by molar-refractivity contribution is 0.600. The van der Waals surface area contributed by atoms with Gasteiger partial charge in [0, 0.05) is 12.7 Å². The Morgan fingerprint density at radius 3 is 2.50 bits per heavy atom. The van der Waals surface area contributed by atoms with Crippen LogP contribution in [0.1, 0.15) is 18.4 Å². The maximum absolute atomic E-state index is 11.0. The van der Waals surface area contributed by atoms with Crippen molar-refractivity contribution in [2.24, 2.45) is 0 Å². The van der Waals surface area contributed by atoms with Crippen LogP contribution in [0.5, 0.6) is 0 Å². The molecule has 68 valence electrons. The zero-order chi connectivity index (χ0) is 9.19. The van der Waals surface area contributed by atoms with E-state index >= 15 is 0 Å². The van der Waals surface area contributed by atoms with Crippen LogP contribution in [0.3, 0.4) is 0 Å². The van der Waals surface area contributed by atoms with Gasteiger partial charge >= 0.3 is 0 Å². The van der Waals surface area contributed by atoms with E-state index in [4.69, 9.17) is 0 Å². The zero-order valence-electron chi connectivity index (χ0n) is 6.94. The lowest BCUT2D eigenvalue weighted by Gasteiger charge is -1.86. The van der Waals surface area contributed by atoms with Crippen molar-refractivity contribution in [3.05, 3.63) is 5.01 Å². The zero-order valence-corrected chi connectivity index (χ0v) is 8.57. The number of hydrogen-bond donors (Lipinski definition) is 0. The third-order valence-electron chi connectivity index (χ3n) is 1.23. The highest BCUT2D eigenvalue weighted by Crippen LogP contribution is 2.15. The molecule has 0 atom stereocenters. The Kier molecular flexibility index (Phi) is 2.79. The Hall–Kier alpha value is -0.490. The second-order valence-electron chi connectivity index (χ2n) is 2.48. The predicted molar refractivity (Wildman–Crippen MR) is 47.0 cm³/mol. The van der Waals surface area contributed by atoms with Crippen molar-refractivity contribution >= 4 is 21.2 Å². The fourth-order valence-electron chi connectivity index (χ4n) is 0.703. The van der Waals surface area contributed by atoms with Crippen LogP contribution >= 0.6 is 11.3 Å². The molecule has 4 nitrogen and oxygen atoms in total. The molecule has 0 spiro atoms. The van der Waals surface area contributed by atoms with E-state index in [0.717, 1.165) is 35.4 Å². The molecule has 0 fully saturated rings. The van der Waals surface area contributed by atoms with Crippen LogP contribution in [-0.2, 0) is 16.3 Å². The van der Waals surface area contributed by atoms with E-state index in [1.807, 2.05) is 6.92 Å². The average Bonchev–Trinajstić information content (AvgIpc) is 2.35. The summed E-state index contributed by atoms with van der Waals surface area (Å²) in [6.07, 6.45) is 2.90. The van der Waals surface area contributed by atoms with Gasteiger partial charge in [-0.05, 0) is 6.42 Å². The van der Waals surface area contributed by atoms with Crippen molar-refractivity contribution in [2.75, 3.05) is 6.26 Å². The number of nitrogens with zero attached hydrogens (tertiary/aromatic N) is 2. The third kappa shape index (κ3) is 2.25. The predicted octanol–water partition coefficient (Wildman–Crippen LogP) is 0.894. The molecule has 0 saturated carbocycles. The maximum atomic E-state index is 11.0. The molecular weight excluding hydrogens is 196 g/mol. The highest BCUT2D eigenvalue weighted by atomic mass is 32.2. The molecule has 0 unspecified atom stereocenters. The van der Waals surface area contributed by atoms with Crippen molar-refractivity contribution in [3.8, 4) is 0 Å². The maximum Gasteiger partial charge on any atom is 0.232 e. The minimum atomic E-state index is -3.16. The highest BCUT2D eigenvalue weighted by Gasteiger charge is 2.13. The van der Waals surface area contributed by atoms with Gasteiger partial charge in [-0.15, -0.1) is 10.2 Å². The van der Waals surface area contributed by atoms with E-state index in [9.17, 15) is 8.42 Å². The second kappa shape index (κ2) is 3.49. The molecule has 0 aliphatic heterocycles. The first-order valence-corrected chi connectivity index (χ1v) is 6.27. The average molecular weight is 206 g/mol. The van der Waals surface area contributed by atoms with Gasteiger partial charge in [0.15, 0.2) is 0 Å². The Morgan fingerprint density at radius 1 is 1.42 bits per heavy atom. The van der Waals surface area contributed by atoms with Crippen molar-refractivity contribution < 1.29 is 8.42 Å². The van der Waals surface area contributed by atoms with E-state index in [0.29, 0.717) is 0 Å². The summed E-state index contributed by atoms with van der Waals surface area (Å²) in [7, 11) is -3.16. The first-order valence-electron chi connectivity index (χ1n) is 3.56. The molecule has 1 rings (SSSR count). The first kappa shape index (κ1) is 9.60. The minimum absolute atomic E-state index is 0.117. The molecule has 1 aromatic heterocycles. The van der Waals surface area contributed by atoms with Gasteiger partial charge in [0.2, 0.25) is 14.2 Å². The van der Waals surface area contributed by atoms with Crippen LogP contribution in [0.15, 0.2) is 4.34 Å². The quantitative estimate of drug-likeness (QED) is 0.737.